The van der Waals surface area contributed by atoms with Crippen LogP contribution in [0.4, 0.5) is 0 Å². The number of carbonyl (C=O) groups is 2. The highest BCUT2D eigenvalue weighted by atomic mass is 35.5. The monoisotopic (exact) mass is 422 g/mol. The summed E-state index contributed by atoms with van der Waals surface area (Å²) in [5.41, 5.74) is 1.74. The number of hydrogen-bond donors (Lipinski definition) is 3. The second-order valence-corrected chi connectivity index (χ2v) is 7.31. The first-order valence-corrected chi connectivity index (χ1v) is 9.78. The minimum atomic E-state index is -1.11. The molecule has 0 aliphatic carbocycles. The maximum absolute atomic E-state index is 12.4. The van der Waals surface area contributed by atoms with Crippen LogP contribution in [0.15, 0.2) is 66.9 Å². The summed E-state index contributed by atoms with van der Waals surface area (Å²) in [5, 5.41) is 15.2. The van der Waals surface area contributed by atoms with E-state index in [0.29, 0.717) is 10.8 Å². The molecule has 7 heteroatoms. The van der Waals surface area contributed by atoms with E-state index in [1.54, 1.807) is 18.3 Å². The third-order valence-electron chi connectivity index (χ3n) is 4.92. The summed E-state index contributed by atoms with van der Waals surface area (Å²) in [4.78, 5) is 27.2. The first-order chi connectivity index (χ1) is 14.5. The maximum atomic E-state index is 12.4. The Morgan fingerprint density at radius 1 is 1.00 bits per heavy atom. The summed E-state index contributed by atoms with van der Waals surface area (Å²) >= 11 is 6.20. The first-order valence-electron chi connectivity index (χ1n) is 9.40. The van der Waals surface area contributed by atoms with Gasteiger partial charge in [-0.3, -0.25) is 4.79 Å². The molecule has 0 saturated carbocycles. The minimum Gasteiger partial charge on any atom is -0.483 e. The molecule has 3 aromatic carbocycles. The second-order valence-electron chi connectivity index (χ2n) is 6.90. The summed E-state index contributed by atoms with van der Waals surface area (Å²) in [6.45, 7) is -0.302. The number of benzene rings is 3. The number of carboxylic acid groups (broad SMARTS) is 1. The normalized spacial score (nSPS) is 12.0. The van der Waals surface area contributed by atoms with Gasteiger partial charge in [0.15, 0.2) is 6.61 Å². The van der Waals surface area contributed by atoms with Crippen LogP contribution >= 0.6 is 11.6 Å². The van der Waals surface area contributed by atoms with E-state index in [1.807, 2.05) is 48.5 Å². The zero-order valence-corrected chi connectivity index (χ0v) is 16.6. The van der Waals surface area contributed by atoms with Crippen molar-refractivity contribution >= 4 is 45.2 Å². The van der Waals surface area contributed by atoms with Crippen LogP contribution in [-0.2, 0) is 16.0 Å². The van der Waals surface area contributed by atoms with Gasteiger partial charge in [0.05, 0.1) is 0 Å². The standard InChI is InChI=1S/C23H19ClN2O4/c24-18-9-10-21(17-7-2-1-6-16(17)18)30-13-22(27)26-20(23(28)29)11-14-12-25-19-8-4-3-5-15(14)19/h1-10,12,20,25H,11,13H2,(H,26,27)(H,28,29)/t20-/m1/s1. The number of H-pyrrole nitrogens is 1. The zero-order valence-electron chi connectivity index (χ0n) is 15.9. The number of fused-ring (bicyclic) bond motifs is 2. The molecule has 0 saturated heterocycles. The number of aliphatic carboxylic acids is 1. The number of hydrogen-bond acceptors (Lipinski definition) is 3. The van der Waals surface area contributed by atoms with Crippen LogP contribution in [0.2, 0.25) is 5.02 Å². The average molecular weight is 423 g/mol. The third kappa shape index (κ3) is 4.09. The molecule has 152 valence electrons. The third-order valence-corrected chi connectivity index (χ3v) is 5.25. The lowest BCUT2D eigenvalue weighted by atomic mass is 10.1. The molecular weight excluding hydrogens is 404 g/mol. The summed E-state index contributed by atoms with van der Waals surface area (Å²) in [6, 6.07) is 17.4. The molecule has 0 fully saturated rings. The second kappa shape index (κ2) is 8.47. The maximum Gasteiger partial charge on any atom is 0.326 e. The summed E-state index contributed by atoms with van der Waals surface area (Å²) < 4.78 is 5.65. The SMILES string of the molecule is O=C(COc1ccc(Cl)c2ccccc12)N[C@H](Cc1c[nH]c2ccccc12)C(=O)O. The van der Waals surface area contributed by atoms with E-state index in [9.17, 15) is 14.7 Å². The molecule has 0 aliphatic heterocycles. The molecule has 1 heterocycles. The topological polar surface area (TPSA) is 91.4 Å². The fraction of sp³-hybridized carbons (Fsp3) is 0.130. The van der Waals surface area contributed by atoms with Gasteiger partial charge in [0, 0.05) is 39.3 Å². The molecule has 3 N–H and O–H groups in total. The van der Waals surface area contributed by atoms with Crippen molar-refractivity contribution in [3.05, 3.63) is 77.4 Å². The van der Waals surface area contributed by atoms with Gasteiger partial charge >= 0.3 is 5.97 Å². The summed E-state index contributed by atoms with van der Waals surface area (Å²) in [6.07, 6.45) is 1.93. The molecule has 6 nitrogen and oxygen atoms in total. The minimum absolute atomic E-state index is 0.162. The molecular formula is C23H19ClN2O4. The van der Waals surface area contributed by atoms with Gasteiger partial charge in [-0.2, -0.15) is 0 Å². The van der Waals surface area contributed by atoms with Crippen LogP contribution in [0, 0.1) is 0 Å². The van der Waals surface area contributed by atoms with Crippen molar-refractivity contribution in [3.63, 3.8) is 0 Å². The Bertz CT molecular complexity index is 1230. The van der Waals surface area contributed by atoms with Gasteiger partial charge in [0.25, 0.3) is 5.91 Å². The number of aromatic nitrogens is 1. The number of carboxylic acids is 1. The number of amides is 1. The van der Waals surface area contributed by atoms with Gasteiger partial charge < -0.3 is 20.1 Å². The van der Waals surface area contributed by atoms with Crippen LogP contribution in [0.1, 0.15) is 5.56 Å². The Morgan fingerprint density at radius 3 is 2.47 bits per heavy atom. The van der Waals surface area contributed by atoms with Crippen molar-refractivity contribution in [1.82, 2.24) is 10.3 Å². The highest BCUT2D eigenvalue weighted by Gasteiger charge is 2.22. The van der Waals surface area contributed by atoms with Crippen molar-refractivity contribution in [3.8, 4) is 5.75 Å². The molecule has 0 radical (unpaired) electrons. The van der Waals surface area contributed by atoms with E-state index in [-0.39, 0.29) is 13.0 Å². The molecule has 0 spiro atoms. The smallest absolute Gasteiger partial charge is 0.326 e. The molecule has 0 unspecified atom stereocenters. The Kier molecular flexibility index (Phi) is 5.59. The molecule has 1 amide bonds. The first kappa shape index (κ1) is 19.8. The number of nitrogens with one attached hydrogen (secondary N) is 2. The Labute approximate surface area is 177 Å². The van der Waals surface area contributed by atoms with Crippen molar-refractivity contribution in [1.29, 1.82) is 0 Å². The van der Waals surface area contributed by atoms with Gasteiger partial charge in [-0.1, -0.05) is 54.1 Å². The number of carbonyl (C=O) groups excluding carboxylic acids is 1. The zero-order chi connectivity index (χ0) is 21.1. The van der Waals surface area contributed by atoms with Gasteiger partial charge in [-0.05, 0) is 23.8 Å². The Hall–Kier alpha value is -3.51. The molecule has 0 aliphatic rings. The Morgan fingerprint density at radius 2 is 1.70 bits per heavy atom. The van der Waals surface area contributed by atoms with Gasteiger partial charge in [-0.15, -0.1) is 0 Å². The highest BCUT2D eigenvalue weighted by molar-refractivity contribution is 6.35. The lowest BCUT2D eigenvalue weighted by molar-refractivity contribution is -0.142. The quantitative estimate of drug-likeness (QED) is 0.417. The lowest BCUT2D eigenvalue weighted by Gasteiger charge is -2.15. The average Bonchev–Trinajstić information content (AvgIpc) is 3.16. The van der Waals surface area contributed by atoms with Crippen molar-refractivity contribution in [2.24, 2.45) is 0 Å². The van der Waals surface area contributed by atoms with Gasteiger partial charge in [0.1, 0.15) is 11.8 Å². The number of rotatable bonds is 7. The van der Waals surface area contributed by atoms with E-state index in [0.717, 1.165) is 27.2 Å². The number of aromatic amines is 1. The van der Waals surface area contributed by atoms with Crippen LogP contribution in [0.25, 0.3) is 21.7 Å². The largest absolute Gasteiger partial charge is 0.483 e. The molecule has 4 rings (SSSR count). The summed E-state index contributed by atoms with van der Waals surface area (Å²) in [7, 11) is 0. The number of para-hydroxylation sites is 1. The predicted octanol–water partition coefficient (Wildman–Crippen LogP) is 4.17. The fourth-order valence-electron chi connectivity index (χ4n) is 3.46. The van der Waals surface area contributed by atoms with Gasteiger partial charge in [-0.25, -0.2) is 4.79 Å². The van der Waals surface area contributed by atoms with E-state index >= 15 is 0 Å². The lowest BCUT2D eigenvalue weighted by Crippen LogP contribution is -2.44. The van der Waals surface area contributed by atoms with Crippen molar-refractivity contribution in [2.75, 3.05) is 6.61 Å². The van der Waals surface area contributed by atoms with E-state index in [2.05, 4.69) is 10.3 Å². The highest BCUT2D eigenvalue weighted by Crippen LogP contribution is 2.31. The van der Waals surface area contributed by atoms with Crippen molar-refractivity contribution < 1.29 is 19.4 Å². The summed E-state index contributed by atoms with van der Waals surface area (Å²) in [5.74, 6) is -1.11. The van der Waals surface area contributed by atoms with E-state index in [4.69, 9.17) is 16.3 Å². The van der Waals surface area contributed by atoms with Gasteiger partial charge in [0.2, 0.25) is 0 Å². The van der Waals surface area contributed by atoms with Crippen LogP contribution < -0.4 is 10.1 Å². The Balaban J connectivity index is 1.44. The molecule has 0 bridgehead atoms. The molecule has 1 atom stereocenters. The molecule has 1 aromatic heterocycles. The molecule has 30 heavy (non-hydrogen) atoms. The molecule has 4 aromatic rings. The number of ether oxygens (including phenoxy) is 1. The van der Waals surface area contributed by atoms with Crippen LogP contribution in [0.3, 0.4) is 0 Å². The van der Waals surface area contributed by atoms with E-state index < -0.39 is 17.9 Å². The fourth-order valence-corrected chi connectivity index (χ4v) is 3.69. The predicted molar refractivity (Wildman–Crippen MR) is 116 cm³/mol. The van der Waals surface area contributed by atoms with E-state index in [1.165, 1.54) is 0 Å². The van der Waals surface area contributed by atoms with Crippen LogP contribution in [0.5, 0.6) is 5.75 Å². The van der Waals surface area contributed by atoms with Crippen LogP contribution in [-0.4, -0.2) is 34.6 Å². The number of halogens is 1. The van der Waals surface area contributed by atoms with Crippen molar-refractivity contribution in [2.45, 2.75) is 12.5 Å².